The number of nitrogens with two attached hydrogens (primary N) is 1. The number of aliphatic carboxylic acids is 2. The van der Waals surface area contributed by atoms with Crippen LogP contribution in [0.2, 0.25) is 0 Å². The number of carbonyl (C=O) groups excluding carboxylic acids is 3. The number of nitrogen functional groups attached to an aromatic ring is 1. The maximum Gasteiger partial charge on any atom is 0.349 e. The second-order valence-corrected chi connectivity index (χ2v) is 9.54. The maximum absolute atomic E-state index is 12.2. The zero-order valence-electron chi connectivity index (χ0n) is 24.5. The van der Waals surface area contributed by atoms with Crippen LogP contribution in [0.4, 0.5) is 5.69 Å². The second-order valence-electron chi connectivity index (χ2n) is 9.54. The van der Waals surface area contributed by atoms with Gasteiger partial charge in [-0.2, -0.15) is 5.10 Å². The quantitative estimate of drug-likeness (QED) is 0.190. The highest BCUT2D eigenvalue weighted by atomic mass is 16.6. The first kappa shape index (κ1) is 33.6. The van der Waals surface area contributed by atoms with Gasteiger partial charge in [0.2, 0.25) is 18.1 Å². The van der Waals surface area contributed by atoms with Crippen LogP contribution >= 0.6 is 0 Å². The van der Waals surface area contributed by atoms with E-state index in [1.165, 1.54) is 62.8 Å². The van der Waals surface area contributed by atoms with Gasteiger partial charge in [-0.05, 0) is 66.2 Å². The summed E-state index contributed by atoms with van der Waals surface area (Å²) in [4.78, 5) is 58.6. The molecule has 0 bridgehead atoms. The average Bonchev–Trinajstić information content (AvgIpc) is 3.03. The number of nitrogens with one attached hydrogen (secondary N) is 1. The van der Waals surface area contributed by atoms with E-state index in [0.29, 0.717) is 17.9 Å². The lowest BCUT2D eigenvalue weighted by Gasteiger charge is -2.21. The molecule has 4 rings (SSSR count). The van der Waals surface area contributed by atoms with Gasteiger partial charge in [0.25, 0.3) is 0 Å². The number of hydrazone groups is 1. The number of anilines is 1. The molecule has 1 aliphatic heterocycles. The van der Waals surface area contributed by atoms with Crippen molar-refractivity contribution >= 4 is 41.2 Å². The summed E-state index contributed by atoms with van der Waals surface area (Å²) in [6.07, 6.45) is -4.07. The van der Waals surface area contributed by atoms with Crippen LogP contribution in [-0.4, -0.2) is 72.1 Å². The number of esters is 2. The van der Waals surface area contributed by atoms with E-state index in [1.807, 2.05) is 31.2 Å². The molecule has 1 unspecified atom stereocenters. The number of rotatable bonds is 10. The first-order valence-electron chi connectivity index (χ1n) is 13.3. The van der Waals surface area contributed by atoms with Crippen LogP contribution in [0.25, 0.3) is 0 Å². The second kappa shape index (κ2) is 15.5. The summed E-state index contributed by atoms with van der Waals surface area (Å²) in [6.45, 7) is 1.99. The molecule has 0 spiro atoms. The van der Waals surface area contributed by atoms with Gasteiger partial charge in [-0.3, -0.25) is 4.79 Å². The third-order valence-corrected chi connectivity index (χ3v) is 6.35. The zero-order valence-corrected chi connectivity index (χ0v) is 24.5. The van der Waals surface area contributed by atoms with Gasteiger partial charge in [-0.1, -0.05) is 19.1 Å². The first-order chi connectivity index (χ1) is 21.4. The Labute approximate surface area is 257 Å². The molecular formula is C31H31N3O11. The van der Waals surface area contributed by atoms with E-state index in [9.17, 15) is 34.2 Å². The Bertz CT molecular complexity index is 1480. The molecule has 3 aromatic rings. The van der Waals surface area contributed by atoms with Gasteiger partial charge >= 0.3 is 23.9 Å². The number of nitrogens with zero attached hydrogens (tertiary/aromatic N) is 1. The Balaban J connectivity index is 0.000000305. The average molecular weight is 622 g/mol. The van der Waals surface area contributed by atoms with Gasteiger partial charge in [-0.15, -0.1) is 0 Å². The van der Waals surface area contributed by atoms with Crippen molar-refractivity contribution in [2.75, 3.05) is 20.0 Å². The molecule has 45 heavy (non-hydrogen) atoms. The molecule has 5 N–H and O–H groups in total. The topological polar surface area (TPSA) is 213 Å². The number of ether oxygens (including phenoxy) is 4. The molecule has 0 aliphatic carbocycles. The van der Waals surface area contributed by atoms with Crippen LogP contribution in [0.15, 0.2) is 77.9 Å². The van der Waals surface area contributed by atoms with Gasteiger partial charge in [0.15, 0.2) is 0 Å². The van der Waals surface area contributed by atoms with Gasteiger partial charge < -0.3 is 34.9 Å². The van der Waals surface area contributed by atoms with E-state index in [1.54, 1.807) is 0 Å². The molecule has 14 nitrogen and oxygen atoms in total. The van der Waals surface area contributed by atoms with Crippen LogP contribution in [0.3, 0.4) is 0 Å². The number of methoxy groups -OCH3 is 2. The molecule has 0 saturated carbocycles. The minimum atomic E-state index is -2.28. The fourth-order valence-electron chi connectivity index (χ4n) is 3.96. The van der Waals surface area contributed by atoms with E-state index >= 15 is 0 Å². The molecule has 0 aromatic heterocycles. The van der Waals surface area contributed by atoms with Crippen LogP contribution in [0, 0.1) is 5.92 Å². The summed E-state index contributed by atoms with van der Waals surface area (Å²) >= 11 is 0. The summed E-state index contributed by atoms with van der Waals surface area (Å²) in [7, 11) is 2.84. The number of carboxylic acid groups (broad SMARTS) is 2. The number of carbonyl (C=O) groups is 5. The van der Waals surface area contributed by atoms with Crippen molar-refractivity contribution < 1.29 is 53.1 Å². The number of hydrogen-bond acceptors (Lipinski definition) is 11. The molecule has 14 heteroatoms. The highest BCUT2D eigenvalue weighted by Gasteiger charge is 2.41. The minimum absolute atomic E-state index is 0.0262. The molecule has 3 aromatic carbocycles. The lowest BCUT2D eigenvalue weighted by Crippen LogP contribution is -2.45. The van der Waals surface area contributed by atoms with Crippen molar-refractivity contribution in [1.29, 1.82) is 0 Å². The fourth-order valence-corrected chi connectivity index (χ4v) is 3.96. The Hall–Kier alpha value is -5.92. The van der Waals surface area contributed by atoms with Crippen molar-refractivity contribution in [3.8, 4) is 11.5 Å². The largest absolute Gasteiger partial charge is 0.497 e. The van der Waals surface area contributed by atoms with E-state index < -0.39 is 36.1 Å². The molecule has 236 valence electrons. The predicted octanol–water partition coefficient (Wildman–Crippen LogP) is 2.75. The molecular weight excluding hydrogens is 590 g/mol. The summed E-state index contributed by atoms with van der Waals surface area (Å²) in [5.41, 5.74) is 10.7. The lowest BCUT2D eigenvalue weighted by molar-refractivity contribution is -0.166. The summed E-state index contributed by atoms with van der Waals surface area (Å²) < 4.78 is 19.5. The van der Waals surface area contributed by atoms with Crippen LogP contribution < -0.4 is 20.6 Å². The zero-order chi connectivity index (χ0) is 33.1. The van der Waals surface area contributed by atoms with Crippen LogP contribution in [0.1, 0.15) is 39.6 Å². The predicted molar refractivity (Wildman–Crippen MR) is 159 cm³/mol. The Morgan fingerprint density at radius 2 is 1.20 bits per heavy atom. The number of amides is 1. The normalized spacial score (nSPS) is 15.0. The number of benzene rings is 3. The number of hydrogen-bond donors (Lipinski definition) is 4. The summed E-state index contributed by atoms with van der Waals surface area (Å²) in [6, 6.07) is 18.5. The first-order valence-corrected chi connectivity index (χ1v) is 13.3. The highest BCUT2D eigenvalue weighted by Crippen LogP contribution is 2.19. The lowest BCUT2D eigenvalue weighted by atomic mass is 9.94. The van der Waals surface area contributed by atoms with Gasteiger partial charge in [-0.25, -0.2) is 24.6 Å². The number of carboxylic acids is 2. The third-order valence-electron chi connectivity index (χ3n) is 6.35. The van der Waals surface area contributed by atoms with Gasteiger partial charge in [0.05, 0.1) is 31.1 Å². The van der Waals surface area contributed by atoms with E-state index in [4.69, 9.17) is 24.7 Å². The van der Waals surface area contributed by atoms with Crippen LogP contribution in [-0.2, 0) is 23.9 Å². The Morgan fingerprint density at radius 1 is 0.778 bits per heavy atom. The van der Waals surface area contributed by atoms with E-state index in [-0.39, 0.29) is 23.0 Å². The minimum Gasteiger partial charge on any atom is -0.497 e. The van der Waals surface area contributed by atoms with Crippen molar-refractivity contribution in [3.63, 3.8) is 0 Å². The monoisotopic (exact) mass is 621 g/mol. The Morgan fingerprint density at radius 3 is 1.56 bits per heavy atom. The molecule has 3 atom stereocenters. The molecule has 0 saturated heterocycles. The van der Waals surface area contributed by atoms with Gasteiger partial charge in [0.1, 0.15) is 11.5 Å². The maximum atomic E-state index is 12.2. The standard InChI is InChI=1S/C20H18O10.C11H13N3O/c1-27-13-7-3-11(4-8-13)19(25)29-15(17(21)22)16(18(23)24)30-20(26)12-5-9-14(28-2)10-6-12;1-7-6-10(15)13-14-11(7)8-2-4-9(12)5-3-8/h3-10,15-16H,1-2H3,(H,21,22)(H,23,24);2-5,7H,6,12H2,1H3,(H,13,15)/t15-,16-;/m0./s1. The van der Waals surface area contributed by atoms with Crippen molar-refractivity contribution in [1.82, 2.24) is 5.43 Å². The van der Waals surface area contributed by atoms with Crippen molar-refractivity contribution in [2.45, 2.75) is 25.6 Å². The molecule has 0 fully saturated rings. The van der Waals surface area contributed by atoms with Crippen molar-refractivity contribution in [2.24, 2.45) is 11.0 Å². The van der Waals surface area contributed by atoms with Crippen LogP contribution in [0.5, 0.6) is 11.5 Å². The molecule has 1 aliphatic rings. The Kier molecular flexibility index (Phi) is 11.6. The highest BCUT2D eigenvalue weighted by molar-refractivity contribution is 6.05. The fraction of sp³-hybridized carbons (Fsp3) is 0.226. The van der Waals surface area contributed by atoms with E-state index in [2.05, 4.69) is 10.5 Å². The molecule has 0 radical (unpaired) electrons. The summed E-state index contributed by atoms with van der Waals surface area (Å²) in [5, 5.41) is 22.8. The SMILES string of the molecule is CC1CC(=O)NN=C1c1ccc(N)cc1.COc1ccc(C(=O)O[C@H](C(=O)O)[C@H](OC(=O)c2ccc(OC)cc2)C(=O)O)cc1. The molecule has 1 amide bonds. The third kappa shape index (κ3) is 9.28. The molecule has 1 heterocycles. The van der Waals surface area contributed by atoms with E-state index in [0.717, 1.165) is 17.0 Å². The van der Waals surface area contributed by atoms with Gasteiger partial charge in [0, 0.05) is 18.0 Å². The smallest absolute Gasteiger partial charge is 0.349 e. The van der Waals surface area contributed by atoms with Crippen molar-refractivity contribution in [3.05, 3.63) is 89.5 Å². The summed E-state index contributed by atoms with van der Waals surface area (Å²) in [5.74, 6) is -4.81.